The van der Waals surface area contributed by atoms with E-state index in [2.05, 4.69) is 5.32 Å². The van der Waals surface area contributed by atoms with E-state index in [4.69, 9.17) is 0 Å². The van der Waals surface area contributed by atoms with Crippen molar-refractivity contribution >= 4 is 33.2 Å². The number of hydrogen-bond donors (Lipinski definition) is 1. The Morgan fingerprint density at radius 2 is 1.61 bits per heavy atom. The second kappa shape index (κ2) is 7.94. The van der Waals surface area contributed by atoms with Gasteiger partial charge in [-0.05, 0) is 37.1 Å². The van der Waals surface area contributed by atoms with Gasteiger partial charge in [-0.1, -0.05) is 12.8 Å². The lowest BCUT2D eigenvalue weighted by atomic mass is 9.81. The number of nitrogens with one attached hydrogen (secondary N) is 1. The Morgan fingerprint density at radius 1 is 1.07 bits per heavy atom. The molecule has 1 aromatic rings. The van der Waals surface area contributed by atoms with Gasteiger partial charge in [0.2, 0.25) is 27.6 Å². The maximum Gasteiger partial charge on any atom is 0.341 e. The van der Waals surface area contributed by atoms with Gasteiger partial charge in [0.25, 0.3) is 0 Å². The summed E-state index contributed by atoms with van der Waals surface area (Å²) in [6.45, 7) is -0.0195. The van der Waals surface area contributed by atoms with Crippen LogP contribution in [0.1, 0.15) is 32.1 Å². The topological polar surface area (TPSA) is 101 Å². The van der Waals surface area contributed by atoms with E-state index in [9.17, 15) is 31.6 Å². The molecule has 2 atom stereocenters. The van der Waals surface area contributed by atoms with Crippen LogP contribution in [0.2, 0.25) is 0 Å². The number of likely N-dealkylation sites (tertiary alicyclic amines) is 1. The minimum absolute atomic E-state index is 0.0195. The average molecular weight is 414 g/mol. The highest BCUT2D eigenvalue weighted by molar-refractivity contribution is 7.91. The van der Waals surface area contributed by atoms with Crippen LogP contribution in [0, 0.1) is 11.8 Å². The van der Waals surface area contributed by atoms with Crippen LogP contribution in [0.5, 0.6) is 0 Å². The minimum atomic E-state index is -4.69. The number of alkyl halides is 2. The zero-order valence-electron chi connectivity index (χ0n) is 14.9. The monoisotopic (exact) mass is 414 g/mol. The maximum atomic E-state index is 12.5. The second-order valence-electron chi connectivity index (χ2n) is 6.95. The number of benzene rings is 1. The molecule has 152 valence electrons. The van der Waals surface area contributed by atoms with Gasteiger partial charge in [0.05, 0.1) is 16.7 Å². The molecular formula is C18H20F2N2O5S. The van der Waals surface area contributed by atoms with E-state index in [1.807, 2.05) is 0 Å². The molecule has 1 aliphatic carbocycles. The molecule has 3 rings (SSSR count). The maximum absolute atomic E-state index is 12.5. The number of hydrogen-bond acceptors (Lipinski definition) is 5. The summed E-state index contributed by atoms with van der Waals surface area (Å²) in [5.74, 6) is -4.97. The largest absolute Gasteiger partial charge is 0.341 e. The third-order valence-corrected chi connectivity index (χ3v) is 6.59. The highest BCUT2D eigenvalue weighted by atomic mass is 32.2. The van der Waals surface area contributed by atoms with Crippen LogP contribution >= 0.6 is 0 Å². The number of imide groups is 1. The number of anilines is 1. The Labute approximate surface area is 161 Å². The third kappa shape index (κ3) is 3.91. The number of halogens is 2. The van der Waals surface area contributed by atoms with Crippen molar-refractivity contribution in [3.8, 4) is 0 Å². The third-order valence-electron chi connectivity index (χ3n) is 5.20. The fourth-order valence-corrected chi connectivity index (χ4v) is 4.44. The molecule has 28 heavy (non-hydrogen) atoms. The van der Waals surface area contributed by atoms with Gasteiger partial charge in [-0.25, -0.2) is 8.42 Å². The fraction of sp³-hybridized carbons (Fsp3) is 0.500. The van der Waals surface area contributed by atoms with Crippen molar-refractivity contribution in [2.45, 2.75) is 42.8 Å². The van der Waals surface area contributed by atoms with Gasteiger partial charge < -0.3 is 5.32 Å². The van der Waals surface area contributed by atoms with E-state index in [0.29, 0.717) is 12.8 Å². The summed E-state index contributed by atoms with van der Waals surface area (Å²) < 4.78 is 47.8. The van der Waals surface area contributed by atoms with Crippen LogP contribution in [0.15, 0.2) is 29.2 Å². The highest BCUT2D eigenvalue weighted by Crippen LogP contribution is 2.38. The van der Waals surface area contributed by atoms with Gasteiger partial charge in [0, 0.05) is 18.7 Å². The predicted octanol–water partition coefficient (Wildman–Crippen LogP) is 2.19. The van der Waals surface area contributed by atoms with Gasteiger partial charge in [-0.2, -0.15) is 8.78 Å². The lowest BCUT2D eigenvalue weighted by Crippen LogP contribution is -2.34. The lowest BCUT2D eigenvalue weighted by Gasteiger charge is -2.19. The molecular weight excluding hydrogens is 394 g/mol. The van der Waals surface area contributed by atoms with Gasteiger partial charge >= 0.3 is 5.76 Å². The van der Waals surface area contributed by atoms with Gasteiger partial charge in [0.15, 0.2) is 0 Å². The van der Waals surface area contributed by atoms with Crippen LogP contribution < -0.4 is 5.32 Å². The Bertz CT molecular complexity index is 862. The summed E-state index contributed by atoms with van der Waals surface area (Å²) in [5, 5.41) is 2.50. The van der Waals surface area contributed by atoms with Crippen molar-refractivity contribution in [1.29, 1.82) is 0 Å². The Kier molecular flexibility index (Phi) is 5.78. The molecule has 0 unspecified atom stereocenters. The summed E-state index contributed by atoms with van der Waals surface area (Å²) >= 11 is 0. The Morgan fingerprint density at radius 3 is 2.11 bits per heavy atom. The zero-order valence-corrected chi connectivity index (χ0v) is 15.8. The molecule has 1 aromatic carbocycles. The molecule has 0 aromatic heterocycles. The van der Waals surface area contributed by atoms with E-state index in [-0.39, 0.29) is 42.3 Å². The van der Waals surface area contributed by atoms with Crippen molar-refractivity contribution in [1.82, 2.24) is 4.90 Å². The van der Waals surface area contributed by atoms with Crippen LogP contribution in [-0.4, -0.2) is 43.3 Å². The number of amides is 3. The first-order valence-electron chi connectivity index (χ1n) is 8.99. The first kappa shape index (κ1) is 20.4. The lowest BCUT2D eigenvalue weighted by molar-refractivity contribution is -0.140. The first-order valence-corrected chi connectivity index (χ1v) is 10.5. The fourth-order valence-electron chi connectivity index (χ4n) is 3.72. The summed E-state index contributed by atoms with van der Waals surface area (Å²) in [7, 11) is -4.69. The van der Waals surface area contributed by atoms with Crippen molar-refractivity contribution in [2.24, 2.45) is 11.8 Å². The number of sulfone groups is 1. The van der Waals surface area contributed by atoms with Gasteiger partial charge in [0.1, 0.15) is 0 Å². The smallest absolute Gasteiger partial charge is 0.326 e. The van der Waals surface area contributed by atoms with Crippen molar-refractivity contribution in [3.05, 3.63) is 24.3 Å². The van der Waals surface area contributed by atoms with Gasteiger partial charge in [-0.3, -0.25) is 19.3 Å². The molecule has 0 radical (unpaired) electrons. The summed E-state index contributed by atoms with van der Waals surface area (Å²) in [6.07, 6.45) is 3.14. The van der Waals surface area contributed by atoms with E-state index < -0.39 is 26.4 Å². The van der Waals surface area contributed by atoms with E-state index >= 15 is 0 Å². The average Bonchev–Trinajstić information content (AvgIpc) is 2.91. The highest BCUT2D eigenvalue weighted by Gasteiger charge is 2.47. The minimum Gasteiger partial charge on any atom is -0.326 e. The quantitative estimate of drug-likeness (QED) is 0.719. The molecule has 0 bridgehead atoms. The van der Waals surface area contributed by atoms with Gasteiger partial charge in [-0.15, -0.1) is 0 Å². The number of rotatable bonds is 6. The standard InChI is InChI=1S/C18H20F2N2O5S/c19-18(20)28(26,27)12-7-5-11(6-8-12)21-15(23)9-10-22-16(24)13-3-1-2-4-14(13)17(22)25/h5-8,13-14,18H,1-4,9-10H2,(H,21,23)/t13-,14+. The molecule has 1 N–H and O–H groups in total. The molecule has 0 spiro atoms. The van der Waals surface area contributed by atoms with Crippen LogP contribution in [-0.2, 0) is 24.2 Å². The normalized spacial score (nSPS) is 22.5. The summed E-state index contributed by atoms with van der Waals surface area (Å²) in [4.78, 5) is 37.4. The van der Waals surface area contributed by atoms with E-state index in [0.717, 1.165) is 29.9 Å². The number of fused-ring (bicyclic) bond motifs is 1. The molecule has 10 heteroatoms. The van der Waals surface area contributed by atoms with Crippen LogP contribution in [0.3, 0.4) is 0 Å². The SMILES string of the molecule is O=C(CCN1C(=O)[C@H]2CCCC[C@H]2C1=O)Nc1ccc(S(=O)(=O)C(F)F)cc1. The number of carbonyl (C=O) groups excluding carboxylic acids is 3. The Balaban J connectivity index is 1.56. The Hall–Kier alpha value is -2.36. The molecule has 2 fully saturated rings. The molecule has 3 amide bonds. The molecule has 7 nitrogen and oxygen atoms in total. The molecule has 2 aliphatic rings. The molecule has 1 aliphatic heterocycles. The van der Waals surface area contributed by atoms with Crippen LogP contribution in [0.4, 0.5) is 14.5 Å². The van der Waals surface area contributed by atoms with Crippen molar-refractivity contribution in [3.63, 3.8) is 0 Å². The summed E-state index contributed by atoms with van der Waals surface area (Å²) in [6, 6.07) is 4.37. The van der Waals surface area contributed by atoms with Crippen molar-refractivity contribution in [2.75, 3.05) is 11.9 Å². The van der Waals surface area contributed by atoms with Crippen molar-refractivity contribution < 1.29 is 31.6 Å². The van der Waals surface area contributed by atoms with E-state index in [1.165, 1.54) is 12.1 Å². The van der Waals surface area contributed by atoms with E-state index in [1.54, 1.807) is 0 Å². The molecule has 1 saturated carbocycles. The number of carbonyl (C=O) groups is 3. The first-order chi connectivity index (χ1) is 13.2. The van der Waals surface area contributed by atoms with Crippen LogP contribution in [0.25, 0.3) is 0 Å². The molecule has 1 saturated heterocycles. The second-order valence-corrected chi connectivity index (χ2v) is 8.87. The zero-order chi connectivity index (χ0) is 20.5. The predicted molar refractivity (Wildman–Crippen MR) is 95.0 cm³/mol. The number of nitrogens with zero attached hydrogens (tertiary/aromatic N) is 1. The summed E-state index contributed by atoms with van der Waals surface area (Å²) in [5.41, 5.74) is 0.228. The molecule has 1 heterocycles.